The van der Waals surface area contributed by atoms with Gasteiger partial charge in [-0.2, -0.15) is 4.31 Å². The van der Waals surface area contributed by atoms with E-state index in [0.717, 1.165) is 16.8 Å². The van der Waals surface area contributed by atoms with Gasteiger partial charge in [-0.15, -0.1) is 0 Å². The maximum Gasteiger partial charge on any atom is 0.536 e. The minimum absolute atomic E-state index is 0. The van der Waals surface area contributed by atoms with Gasteiger partial charge in [-0.1, -0.05) is 18.2 Å². The third-order valence-electron chi connectivity index (χ3n) is 4.03. The number of H-pyrrole nitrogens is 1. The lowest BCUT2D eigenvalue weighted by Crippen LogP contribution is -2.37. The second-order valence-electron chi connectivity index (χ2n) is 6.28. The lowest BCUT2D eigenvalue weighted by Gasteiger charge is -2.19. The summed E-state index contributed by atoms with van der Waals surface area (Å²) in [5.41, 5.74) is -1.63. The molecule has 0 saturated carbocycles. The summed E-state index contributed by atoms with van der Waals surface area (Å²) in [4.78, 5) is 44.3. The summed E-state index contributed by atoms with van der Waals surface area (Å²) in [6.45, 7) is -0.869. The molecule has 0 radical (unpaired) electrons. The number of ether oxygens (including phenoxy) is 1. The number of aliphatic hydroxyl groups excluding tert-OH is 2. The molecule has 3 rings (SSSR count). The standard InChI is InChI=1S/C15H18N2O12P2.H3N/c18-11-6-7-17(15(21)16-11)14-13(20)12(19)10(27-14)8-26-30(22,23)29-31(24,25)28-9-4-2-1-3-5-9;/h1-7,10,12-14,19-20H,8H2,(H,22,23)(H,24,25)(H,16,18,21);1H3/t10-,12-,13-,14-;/m1./s1. The smallest absolute Gasteiger partial charge is 0.404 e. The number of phosphoric ester groups is 2. The van der Waals surface area contributed by atoms with Gasteiger partial charge in [-0.25, -0.2) is 13.9 Å². The number of rotatable bonds is 8. The SMILES string of the molecule is N.O=c1ccn([C@@H]2O[C@H](COP(=O)(O)OP(=O)(O)Oc3ccccc3)[C@@H](O)[C@H]2O)c(=O)[nH]1. The zero-order valence-corrected chi connectivity index (χ0v) is 18.0. The normalized spacial score (nSPS) is 26.5. The van der Waals surface area contributed by atoms with Crippen molar-refractivity contribution in [3.8, 4) is 5.75 Å². The van der Waals surface area contributed by atoms with Crippen molar-refractivity contribution in [1.82, 2.24) is 15.7 Å². The van der Waals surface area contributed by atoms with E-state index in [1.807, 2.05) is 4.98 Å². The Kier molecular flexibility index (Phi) is 8.31. The number of nitrogens with one attached hydrogen (secondary N) is 1. The third-order valence-corrected chi connectivity index (χ3v) is 6.60. The maximum absolute atomic E-state index is 12.0. The minimum Gasteiger partial charge on any atom is -0.404 e. The van der Waals surface area contributed by atoms with Crippen LogP contribution in [0.2, 0.25) is 0 Å². The van der Waals surface area contributed by atoms with E-state index in [2.05, 4.69) is 13.4 Å². The van der Waals surface area contributed by atoms with Crippen molar-refractivity contribution in [2.45, 2.75) is 24.5 Å². The molecule has 2 aromatic rings. The van der Waals surface area contributed by atoms with Crippen LogP contribution in [-0.2, 0) is 22.7 Å². The van der Waals surface area contributed by atoms with E-state index >= 15 is 0 Å². The van der Waals surface area contributed by atoms with Gasteiger partial charge in [-0.3, -0.25) is 23.8 Å². The summed E-state index contributed by atoms with van der Waals surface area (Å²) in [6, 6.07) is 8.16. The van der Waals surface area contributed by atoms with Crippen LogP contribution < -0.4 is 21.9 Å². The average Bonchev–Trinajstić information content (AvgIpc) is 2.94. The highest BCUT2D eigenvalue weighted by atomic mass is 31.3. The van der Waals surface area contributed by atoms with E-state index in [-0.39, 0.29) is 11.9 Å². The molecule has 178 valence electrons. The largest absolute Gasteiger partial charge is 0.536 e. The first-order valence-corrected chi connectivity index (χ1v) is 11.6. The van der Waals surface area contributed by atoms with Gasteiger partial charge in [0.2, 0.25) is 0 Å². The summed E-state index contributed by atoms with van der Waals surface area (Å²) < 4.78 is 43.4. The first-order valence-electron chi connectivity index (χ1n) is 8.57. The Labute approximate surface area is 179 Å². The molecule has 8 N–H and O–H groups in total. The lowest BCUT2D eigenvalue weighted by molar-refractivity contribution is -0.0542. The number of aliphatic hydroxyl groups is 2. The highest BCUT2D eigenvalue weighted by Gasteiger charge is 2.46. The van der Waals surface area contributed by atoms with Crippen LogP contribution in [0.1, 0.15) is 6.23 Å². The molecule has 17 heteroatoms. The van der Waals surface area contributed by atoms with E-state index in [9.17, 15) is 38.7 Å². The van der Waals surface area contributed by atoms with Crippen molar-refractivity contribution in [1.29, 1.82) is 0 Å². The molecule has 15 nitrogen and oxygen atoms in total. The first kappa shape index (κ1) is 26.1. The number of hydrogen-bond acceptors (Lipinski definition) is 11. The zero-order chi connectivity index (χ0) is 22.8. The molecule has 0 bridgehead atoms. The van der Waals surface area contributed by atoms with Gasteiger partial charge in [0.15, 0.2) is 6.23 Å². The van der Waals surface area contributed by atoms with Crippen LogP contribution in [0.5, 0.6) is 5.75 Å². The molecule has 0 aliphatic carbocycles. The van der Waals surface area contributed by atoms with Gasteiger partial charge in [0.1, 0.15) is 24.1 Å². The van der Waals surface area contributed by atoms with Gasteiger partial charge in [0, 0.05) is 12.3 Å². The Bertz CT molecular complexity index is 1120. The number of para-hydroxylation sites is 1. The van der Waals surface area contributed by atoms with Gasteiger partial charge < -0.3 is 30.5 Å². The van der Waals surface area contributed by atoms with Crippen molar-refractivity contribution < 1.29 is 47.2 Å². The lowest BCUT2D eigenvalue weighted by atomic mass is 10.1. The summed E-state index contributed by atoms with van der Waals surface area (Å²) in [6.07, 6.45) is -5.20. The summed E-state index contributed by atoms with van der Waals surface area (Å²) >= 11 is 0. The number of nitrogens with zero attached hydrogens (tertiary/aromatic N) is 1. The highest BCUT2D eigenvalue weighted by Crippen LogP contribution is 2.60. The van der Waals surface area contributed by atoms with E-state index in [1.54, 1.807) is 6.07 Å². The van der Waals surface area contributed by atoms with Crippen LogP contribution in [0.3, 0.4) is 0 Å². The van der Waals surface area contributed by atoms with Crippen molar-refractivity contribution in [2.24, 2.45) is 0 Å². The predicted octanol–water partition coefficient (Wildman–Crippen LogP) is -0.369. The van der Waals surface area contributed by atoms with Crippen LogP contribution in [0, 0.1) is 0 Å². The van der Waals surface area contributed by atoms with Gasteiger partial charge in [-0.05, 0) is 12.1 Å². The number of benzene rings is 1. The predicted molar refractivity (Wildman–Crippen MR) is 106 cm³/mol. The van der Waals surface area contributed by atoms with Gasteiger partial charge in [0.05, 0.1) is 6.61 Å². The molecule has 1 aliphatic rings. The molecule has 1 fully saturated rings. The summed E-state index contributed by atoms with van der Waals surface area (Å²) in [5, 5.41) is 20.2. The Morgan fingerprint density at radius 2 is 1.69 bits per heavy atom. The number of aromatic nitrogens is 2. The topological polar surface area (TPSA) is 242 Å². The maximum atomic E-state index is 12.0. The second-order valence-corrected chi connectivity index (χ2v) is 9.25. The molecule has 2 unspecified atom stereocenters. The van der Waals surface area contributed by atoms with Gasteiger partial charge >= 0.3 is 21.3 Å². The molecule has 0 amide bonds. The van der Waals surface area contributed by atoms with E-state index in [1.165, 1.54) is 24.3 Å². The van der Waals surface area contributed by atoms with E-state index in [0.29, 0.717) is 0 Å². The van der Waals surface area contributed by atoms with Crippen molar-refractivity contribution in [2.75, 3.05) is 6.61 Å². The van der Waals surface area contributed by atoms with Crippen LogP contribution in [-0.4, -0.2) is 54.5 Å². The van der Waals surface area contributed by atoms with Crippen LogP contribution in [0.25, 0.3) is 0 Å². The highest BCUT2D eigenvalue weighted by molar-refractivity contribution is 7.61. The minimum atomic E-state index is -5.18. The zero-order valence-electron chi connectivity index (χ0n) is 16.2. The fourth-order valence-corrected chi connectivity index (χ4v) is 4.77. The van der Waals surface area contributed by atoms with E-state index in [4.69, 9.17) is 4.74 Å². The molecule has 1 saturated heterocycles. The van der Waals surface area contributed by atoms with Crippen molar-refractivity contribution in [3.05, 3.63) is 63.4 Å². The second kappa shape index (κ2) is 10.2. The fourth-order valence-electron chi connectivity index (χ4n) is 2.68. The number of phosphoric acid groups is 2. The first-order chi connectivity index (χ1) is 14.5. The molecule has 6 atom stereocenters. The Morgan fingerprint density at radius 1 is 1.03 bits per heavy atom. The monoisotopic (exact) mass is 497 g/mol. The Hall–Kier alpha value is -2.16. The number of aromatic amines is 1. The van der Waals surface area contributed by atoms with Crippen LogP contribution >= 0.6 is 15.6 Å². The van der Waals surface area contributed by atoms with Crippen LogP contribution in [0.15, 0.2) is 52.2 Å². The van der Waals surface area contributed by atoms with Crippen molar-refractivity contribution in [3.63, 3.8) is 0 Å². The average molecular weight is 497 g/mol. The molecule has 2 heterocycles. The fraction of sp³-hybridized carbons (Fsp3) is 0.333. The van der Waals surface area contributed by atoms with Gasteiger partial charge in [0.25, 0.3) is 5.56 Å². The quantitative estimate of drug-likeness (QED) is 0.255. The van der Waals surface area contributed by atoms with Crippen molar-refractivity contribution >= 4 is 15.6 Å². The Morgan fingerprint density at radius 3 is 2.31 bits per heavy atom. The van der Waals surface area contributed by atoms with E-state index < -0.39 is 58.0 Å². The molecule has 0 spiro atoms. The Balaban J connectivity index is 0.00000363. The number of hydrogen-bond donors (Lipinski definition) is 6. The molecular weight excluding hydrogens is 476 g/mol. The summed E-state index contributed by atoms with van der Waals surface area (Å²) in [7, 11) is -10.3. The third kappa shape index (κ3) is 6.43. The molecule has 32 heavy (non-hydrogen) atoms. The molecule has 1 aromatic carbocycles. The molecule has 1 aliphatic heterocycles. The molecular formula is C15H21N3O12P2. The van der Waals surface area contributed by atoms with Crippen LogP contribution in [0.4, 0.5) is 0 Å². The summed E-state index contributed by atoms with van der Waals surface area (Å²) in [5.74, 6) is -0.111. The molecule has 1 aromatic heterocycles.